The van der Waals surface area contributed by atoms with E-state index in [9.17, 15) is 0 Å². The summed E-state index contributed by atoms with van der Waals surface area (Å²) in [6, 6.07) is 10.5. The maximum Gasteiger partial charge on any atom is 0.127 e. The molecule has 130 valence electrons. The summed E-state index contributed by atoms with van der Waals surface area (Å²) < 4.78 is 9.96. The van der Waals surface area contributed by atoms with E-state index in [4.69, 9.17) is 4.74 Å². The molecule has 25 heavy (non-hydrogen) atoms. The van der Waals surface area contributed by atoms with E-state index < -0.39 is 0 Å². The van der Waals surface area contributed by atoms with Crippen molar-refractivity contribution in [2.24, 2.45) is 7.05 Å². The molecule has 0 spiro atoms. The van der Waals surface area contributed by atoms with E-state index in [2.05, 4.69) is 38.3 Å². The predicted octanol–water partition coefficient (Wildman–Crippen LogP) is 2.53. The summed E-state index contributed by atoms with van der Waals surface area (Å²) in [6.07, 6.45) is 6.95. The van der Waals surface area contributed by atoms with Crippen molar-refractivity contribution in [1.29, 1.82) is 0 Å². The molecule has 0 bridgehead atoms. The Hall–Kier alpha value is -2.44. The third kappa shape index (κ3) is 3.23. The van der Waals surface area contributed by atoms with Crippen LogP contribution >= 0.6 is 0 Å². The first-order chi connectivity index (χ1) is 12.2. The molecular weight excluding hydrogens is 314 g/mol. The molecule has 6 heteroatoms. The van der Waals surface area contributed by atoms with Gasteiger partial charge in [-0.05, 0) is 25.5 Å². The van der Waals surface area contributed by atoms with Crippen molar-refractivity contribution >= 4 is 0 Å². The third-order valence-electron chi connectivity index (χ3n) is 4.72. The number of nitrogens with zero attached hydrogens (tertiary/aromatic N) is 4. The largest absolute Gasteiger partial charge is 0.372 e. The normalized spacial score (nSPS) is 20.2. The van der Waals surface area contributed by atoms with Crippen LogP contribution in [0.2, 0.25) is 0 Å². The van der Waals surface area contributed by atoms with Gasteiger partial charge in [-0.3, -0.25) is 4.68 Å². The highest BCUT2D eigenvalue weighted by atomic mass is 16.5. The molecule has 3 aromatic rings. The van der Waals surface area contributed by atoms with E-state index in [1.165, 1.54) is 5.56 Å². The summed E-state index contributed by atoms with van der Waals surface area (Å²) in [5, 5.41) is 8.08. The number of aryl methyl sites for hydroxylation is 2. The van der Waals surface area contributed by atoms with E-state index in [-0.39, 0.29) is 12.1 Å². The highest BCUT2D eigenvalue weighted by Crippen LogP contribution is 2.31. The zero-order chi connectivity index (χ0) is 17.2. The molecule has 1 N–H and O–H groups in total. The van der Waals surface area contributed by atoms with Crippen LogP contribution in [0.25, 0.3) is 5.69 Å². The molecular formula is C19H23N5O. The van der Waals surface area contributed by atoms with Crippen LogP contribution < -0.4 is 5.32 Å². The summed E-state index contributed by atoms with van der Waals surface area (Å²) in [5.74, 6) is 1.000. The maximum atomic E-state index is 5.99. The van der Waals surface area contributed by atoms with Crippen LogP contribution in [-0.4, -0.2) is 32.0 Å². The van der Waals surface area contributed by atoms with E-state index in [1.54, 1.807) is 0 Å². The second kappa shape index (κ2) is 6.82. The first kappa shape index (κ1) is 16.1. The molecule has 1 aromatic carbocycles. The van der Waals surface area contributed by atoms with E-state index in [0.29, 0.717) is 6.54 Å². The van der Waals surface area contributed by atoms with Crippen LogP contribution in [0.5, 0.6) is 0 Å². The maximum absolute atomic E-state index is 5.99. The van der Waals surface area contributed by atoms with Crippen molar-refractivity contribution in [3.63, 3.8) is 0 Å². The number of benzene rings is 1. The van der Waals surface area contributed by atoms with E-state index in [1.807, 2.05) is 49.2 Å². The van der Waals surface area contributed by atoms with Gasteiger partial charge in [0.05, 0.1) is 12.2 Å². The summed E-state index contributed by atoms with van der Waals surface area (Å²) in [6.45, 7) is 3.51. The predicted molar refractivity (Wildman–Crippen MR) is 95.4 cm³/mol. The minimum Gasteiger partial charge on any atom is -0.372 e. The summed E-state index contributed by atoms with van der Waals surface area (Å²) in [7, 11) is 1.95. The van der Waals surface area contributed by atoms with Gasteiger partial charge >= 0.3 is 0 Å². The number of nitrogens with one attached hydrogen (secondary N) is 1. The Morgan fingerprint density at radius 3 is 2.88 bits per heavy atom. The fraction of sp³-hybridized carbons (Fsp3) is 0.368. The molecule has 0 amide bonds. The Morgan fingerprint density at radius 2 is 2.12 bits per heavy atom. The van der Waals surface area contributed by atoms with Crippen molar-refractivity contribution < 1.29 is 4.74 Å². The van der Waals surface area contributed by atoms with Crippen LogP contribution in [0.3, 0.4) is 0 Å². The lowest BCUT2D eigenvalue weighted by molar-refractivity contribution is 0.0978. The van der Waals surface area contributed by atoms with Gasteiger partial charge in [0, 0.05) is 49.5 Å². The molecule has 1 aliphatic heterocycles. The fourth-order valence-electron chi connectivity index (χ4n) is 3.51. The standard InChI is InChI=1S/C19H23N5O/c1-14-16(13-23(2)22-14)19-17(8-11-25-19)21-12-18-20-9-10-24(18)15-6-4-3-5-7-15/h3-7,9-10,13,17,19,21H,8,11-12H2,1-2H3/t17-,19+/m0/s1. The second-order valence-corrected chi connectivity index (χ2v) is 6.46. The van der Waals surface area contributed by atoms with Crippen LogP contribution in [0.4, 0.5) is 0 Å². The number of rotatable bonds is 5. The average molecular weight is 337 g/mol. The number of hydrogen-bond acceptors (Lipinski definition) is 4. The lowest BCUT2D eigenvalue weighted by Gasteiger charge is -2.20. The molecule has 1 saturated heterocycles. The van der Waals surface area contributed by atoms with Crippen molar-refractivity contribution in [1.82, 2.24) is 24.6 Å². The van der Waals surface area contributed by atoms with Gasteiger partial charge in [-0.2, -0.15) is 5.10 Å². The van der Waals surface area contributed by atoms with Gasteiger partial charge in [0.2, 0.25) is 0 Å². The van der Waals surface area contributed by atoms with Crippen molar-refractivity contribution in [2.75, 3.05) is 6.61 Å². The Bertz CT molecular complexity index is 839. The zero-order valence-electron chi connectivity index (χ0n) is 14.6. The van der Waals surface area contributed by atoms with Crippen LogP contribution in [0.15, 0.2) is 48.9 Å². The number of ether oxygens (including phenoxy) is 1. The van der Waals surface area contributed by atoms with Crippen LogP contribution in [-0.2, 0) is 18.3 Å². The van der Waals surface area contributed by atoms with Gasteiger partial charge in [-0.15, -0.1) is 0 Å². The molecule has 6 nitrogen and oxygen atoms in total. The lowest BCUT2D eigenvalue weighted by atomic mass is 10.0. The van der Waals surface area contributed by atoms with Crippen molar-refractivity contribution in [2.45, 2.75) is 32.0 Å². The second-order valence-electron chi connectivity index (χ2n) is 6.46. The molecule has 1 aliphatic rings. The minimum atomic E-state index is 0.0498. The smallest absolute Gasteiger partial charge is 0.127 e. The first-order valence-electron chi connectivity index (χ1n) is 8.65. The SMILES string of the molecule is Cc1nn(C)cc1[C@H]1OCC[C@@H]1NCc1nccn1-c1ccccc1. The molecule has 4 rings (SSSR count). The Kier molecular flexibility index (Phi) is 4.38. The topological polar surface area (TPSA) is 56.9 Å². The van der Waals surface area contributed by atoms with Gasteiger partial charge in [0.25, 0.3) is 0 Å². The monoisotopic (exact) mass is 337 g/mol. The van der Waals surface area contributed by atoms with Crippen LogP contribution in [0.1, 0.15) is 29.6 Å². The average Bonchev–Trinajstić information content (AvgIpc) is 3.33. The van der Waals surface area contributed by atoms with Gasteiger partial charge < -0.3 is 14.6 Å². The van der Waals surface area contributed by atoms with Crippen molar-refractivity contribution in [3.8, 4) is 5.69 Å². The highest BCUT2D eigenvalue weighted by Gasteiger charge is 2.31. The Labute approximate surface area is 147 Å². The highest BCUT2D eigenvalue weighted by molar-refractivity contribution is 5.32. The fourth-order valence-corrected chi connectivity index (χ4v) is 3.51. The molecule has 0 aliphatic carbocycles. The van der Waals surface area contributed by atoms with Gasteiger partial charge in [-0.1, -0.05) is 18.2 Å². The van der Waals surface area contributed by atoms with E-state index >= 15 is 0 Å². The minimum absolute atomic E-state index is 0.0498. The van der Waals surface area contributed by atoms with Gasteiger partial charge in [-0.25, -0.2) is 4.98 Å². The summed E-state index contributed by atoms with van der Waals surface area (Å²) in [5.41, 5.74) is 3.33. The quantitative estimate of drug-likeness (QED) is 0.777. The number of para-hydroxylation sites is 1. The van der Waals surface area contributed by atoms with Gasteiger partial charge in [0.15, 0.2) is 0 Å². The molecule has 3 heterocycles. The molecule has 0 radical (unpaired) electrons. The number of aromatic nitrogens is 4. The third-order valence-corrected chi connectivity index (χ3v) is 4.72. The molecule has 2 atom stereocenters. The molecule has 0 unspecified atom stereocenters. The van der Waals surface area contributed by atoms with Gasteiger partial charge in [0.1, 0.15) is 11.9 Å². The number of hydrogen-bond donors (Lipinski definition) is 1. The van der Waals surface area contributed by atoms with Crippen LogP contribution in [0, 0.1) is 6.92 Å². The molecule has 1 fully saturated rings. The number of imidazole rings is 1. The first-order valence-corrected chi connectivity index (χ1v) is 8.65. The zero-order valence-corrected chi connectivity index (χ0v) is 14.6. The van der Waals surface area contributed by atoms with Crippen molar-refractivity contribution in [3.05, 3.63) is 66.0 Å². The Morgan fingerprint density at radius 1 is 1.28 bits per heavy atom. The molecule has 2 aromatic heterocycles. The summed E-state index contributed by atoms with van der Waals surface area (Å²) in [4.78, 5) is 4.52. The Balaban J connectivity index is 1.48. The lowest BCUT2D eigenvalue weighted by Crippen LogP contribution is -2.32. The molecule has 0 saturated carbocycles. The van der Waals surface area contributed by atoms with E-state index in [0.717, 1.165) is 30.2 Å². The summed E-state index contributed by atoms with van der Waals surface area (Å²) >= 11 is 0.